The lowest BCUT2D eigenvalue weighted by molar-refractivity contribution is 0.0750. The zero-order chi connectivity index (χ0) is 15.2. The summed E-state index contributed by atoms with van der Waals surface area (Å²) >= 11 is 11.7. The molecule has 5 heteroatoms. The topological polar surface area (TPSA) is 40.5 Å². The summed E-state index contributed by atoms with van der Waals surface area (Å²) in [5, 5.41) is 10.3. The molecule has 0 heterocycles. The van der Waals surface area contributed by atoms with Crippen LogP contribution in [0.3, 0.4) is 0 Å². The molecule has 2 aromatic rings. The van der Waals surface area contributed by atoms with Gasteiger partial charge >= 0.3 is 0 Å². The Morgan fingerprint density at radius 1 is 1.14 bits per heavy atom. The van der Waals surface area contributed by atoms with E-state index in [-0.39, 0.29) is 17.2 Å². The van der Waals surface area contributed by atoms with Crippen LogP contribution in [0.25, 0.3) is 0 Å². The van der Waals surface area contributed by atoms with Gasteiger partial charge in [-0.25, -0.2) is 0 Å². The summed E-state index contributed by atoms with van der Waals surface area (Å²) in [6, 6.07) is 14.0. The average molecular weight is 324 g/mol. The van der Waals surface area contributed by atoms with Gasteiger partial charge in [0.15, 0.2) is 0 Å². The number of hydrogen-bond donors (Lipinski definition) is 1. The second-order valence-electron chi connectivity index (χ2n) is 4.56. The first-order valence-electron chi connectivity index (χ1n) is 6.49. The molecular formula is C16H15Cl2NO2. The highest BCUT2D eigenvalue weighted by atomic mass is 35.5. The predicted octanol–water partition coefficient (Wildman–Crippen LogP) is 3.93. The number of benzene rings is 2. The molecule has 0 aliphatic carbocycles. The maximum Gasteiger partial charge on any atom is 0.258 e. The van der Waals surface area contributed by atoms with Gasteiger partial charge in [0.25, 0.3) is 5.91 Å². The molecule has 2 aromatic carbocycles. The van der Waals surface area contributed by atoms with Gasteiger partial charge in [-0.05, 0) is 23.8 Å². The Labute approximate surface area is 133 Å². The minimum Gasteiger partial charge on any atom is -0.507 e. The fraction of sp³-hybridized carbons (Fsp3) is 0.188. The van der Waals surface area contributed by atoms with Gasteiger partial charge in [-0.3, -0.25) is 4.79 Å². The van der Waals surface area contributed by atoms with Crippen molar-refractivity contribution in [1.82, 2.24) is 4.90 Å². The van der Waals surface area contributed by atoms with Crippen LogP contribution in [0.2, 0.25) is 5.02 Å². The maximum absolute atomic E-state index is 12.6. The minimum absolute atomic E-state index is 0.0861. The lowest BCUT2D eigenvalue weighted by Crippen LogP contribution is -2.32. The van der Waals surface area contributed by atoms with Gasteiger partial charge in [0.1, 0.15) is 5.75 Å². The van der Waals surface area contributed by atoms with Crippen molar-refractivity contribution >= 4 is 29.1 Å². The number of halogens is 2. The molecule has 0 aliphatic heterocycles. The van der Waals surface area contributed by atoms with Crippen molar-refractivity contribution in [2.24, 2.45) is 0 Å². The summed E-state index contributed by atoms with van der Waals surface area (Å²) in [6.45, 7) is 0.819. The maximum atomic E-state index is 12.6. The fourth-order valence-electron chi connectivity index (χ4n) is 2.01. The van der Waals surface area contributed by atoms with E-state index in [1.807, 2.05) is 30.3 Å². The summed E-state index contributed by atoms with van der Waals surface area (Å²) in [5.74, 6) is -0.0589. The van der Waals surface area contributed by atoms with Crippen molar-refractivity contribution in [1.29, 1.82) is 0 Å². The Kier molecular flexibility index (Phi) is 5.48. The Morgan fingerprint density at radius 3 is 2.52 bits per heavy atom. The van der Waals surface area contributed by atoms with Crippen LogP contribution in [0.1, 0.15) is 15.9 Å². The molecule has 0 radical (unpaired) electrons. The van der Waals surface area contributed by atoms with E-state index in [0.29, 0.717) is 24.0 Å². The van der Waals surface area contributed by atoms with E-state index >= 15 is 0 Å². The SMILES string of the molecule is O=C(c1cc(Cl)ccc1O)N(CCCl)Cc1ccccc1. The van der Waals surface area contributed by atoms with Gasteiger partial charge < -0.3 is 10.0 Å². The molecule has 0 saturated carbocycles. The highest BCUT2D eigenvalue weighted by molar-refractivity contribution is 6.31. The molecule has 1 amide bonds. The predicted molar refractivity (Wildman–Crippen MR) is 85.0 cm³/mol. The van der Waals surface area contributed by atoms with Gasteiger partial charge in [-0.15, -0.1) is 11.6 Å². The number of alkyl halides is 1. The number of carbonyl (C=O) groups excluding carboxylic acids is 1. The van der Waals surface area contributed by atoms with Gasteiger partial charge in [0, 0.05) is 24.0 Å². The van der Waals surface area contributed by atoms with Crippen LogP contribution >= 0.6 is 23.2 Å². The summed E-state index contributed by atoms with van der Waals surface area (Å²) < 4.78 is 0. The van der Waals surface area contributed by atoms with Crippen molar-refractivity contribution in [3.05, 3.63) is 64.7 Å². The van der Waals surface area contributed by atoms with E-state index in [1.165, 1.54) is 18.2 Å². The van der Waals surface area contributed by atoms with Gasteiger partial charge in [0.05, 0.1) is 5.56 Å². The number of carbonyl (C=O) groups is 1. The van der Waals surface area contributed by atoms with Crippen molar-refractivity contribution in [3.63, 3.8) is 0 Å². The largest absolute Gasteiger partial charge is 0.507 e. The number of nitrogens with zero attached hydrogens (tertiary/aromatic N) is 1. The molecule has 0 unspecified atom stereocenters. The van der Waals surface area contributed by atoms with Crippen molar-refractivity contribution < 1.29 is 9.90 Å². The Bertz CT molecular complexity index is 617. The van der Waals surface area contributed by atoms with Crippen LogP contribution in [-0.4, -0.2) is 28.3 Å². The number of amides is 1. The lowest BCUT2D eigenvalue weighted by Gasteiger charge is -2.22. The molecule has 0 fully saturated rings. The Morgan fingerprint density at radius 2 is 1.86 bits per heavy atom. The molecule has 2 rings (SSSR count). The van der Waals surface area contributed by atoms with Crippen LogP contribution in [0.15, 0.2) is 48.5 Å². The molecule has 0 saturated heterocycles. The zero-order valence-corrected chi connectivity index (χ0v) is 12.8. The van der Waals surface area contributed by atoms with Crippen LogP contribution in [0.5, 0.6) is 5.75 Å². The molecular weight excluding hydrogens is 309 g/mol. The number of phenols is 1. The second kappa shape index (κ2) is 7.34. The summed E-state index contributed by atoms with van der Waals surface area (Å²) in [7, 11) is 0. The molecule has 3 nitrogen and oxygen atoms in total. The molecule has 21 heavy (non-hydrogen) atoms. The van der Waals surface area contributed by atoms with Gasteiger partial charge in [0.2, 0.25) is 0 Å². The van der Waals surface area contributed by atoms with Gasteiger partial charge in [-0.2, -0.15) is 0 Å². The Hall–Kier alpha value is -1.71. The molecule has 0 bridgehead atoms. The van der Waals surface area contributed by atoms with E-state index in [1.54, 1.807) is 4.90 Å². The fourth-order valence-corrected chi connectivity index (χ4v) is 2.38. The van der Waals surface area contributed by atoms with Crippen molar-refractivity contribution in [3.8, 4) is 5.75 Å². The summed E-state index contributed by atoms with van der Waals surface area (Å²) in [6.07, 6.45) is 0. The van der Waals surface area contributed by atoms with E-state index in [9.17, 15) is 9.90 Å². The third-order valence-electron chi connectivity index (χ3n) is 3.05. The smallest absolute Gasteiger partial charge is 0.258 e. The van der Waals surface area contributed by atoms with E-state index in [2.05, 4.69) is 0 Å². The lowest BCUT2D eigenvalue weighted by atomic mass is 10.1. The Balaban J connectivity index is 2.25. The molecule has 0 aliphatic rings. The van der Waals surface area contributed by atoms with Crippen LogP contribution in [-0.2, 0) is 6.54 Å². The molecule has 0 spiro atoms. The third-order valence-corrected chi connectivity index (χ3v) is 3.45. The first kappa shape index (κ1) is 15.7. The van der Waals surface area contributed by atoms with Crippen molar-refractivity contribution in [2.45, 2.75) is 6.54 Å². The van der Waals surface area contributed by atoms with E-state index < -0.39 is 0 Å². The molecule has 110 valence electrons. The third kappa shape index (κ3) is 4.13. The normalized spacial score (nSPS) is 10.4. The average Bonchev–Trinajstić information content (AvgIpc) is 2.49. The summed E-state index contributed by atoms with van der Waals surface area (Å²) in [4.78, 5) is 14.2. The van der Waals surface area contributed by atoms with Crippen LogP contribution in [0.4, 0.5) is 0 Å². The van der Waals surface area contributed by atoms with Crippen molar-refractivity contribution in [2.75, 3.05) is 12.4 Å². The van der Waals surface area contributed by atoms with Crippen LogP contribution < -0.4 is 0 Å². The number of phenolic OH excluding ortho intramolecular Hbond substituents is 1. The quantitative estimate of drug-likeness (QED) is 0.847. The van der Waals surface area contributed by atoms with Crippen LogP contribution in [0, 0.1) is 0 Å². The first-order chi connectivity index (χ1) is 10.1. The summed E-state index contributed by atoms with van der Waals surface area (Å²) in [5.41, 5.74) is 1.18. The second-order valence-corrected chi connectivity index (χ2v) is 5.38. The van der Waals surface area contributed by atoms with E-state index in [0.717, 1.165) is 5.56 Å². The first-order valence-corrected chi connectivity index (χ1v) is 7.40. The number of aromatic hydroxyl groups is 1. The standard InChI is InChI=1S/C16H15Cl2NO2/c17-8-9-19(11-12-4-2-1-3-5-12)16(21)14-10-13(18)6-7-15(14)20/h1-7,10,20H,8-9,11H2. The number of rotatable bonds is 5. The monoisotopic (exact) mass is 323 g/mol. The highest BCUT2D eigenvalue weighted by Crippen LogP contribution is 2.23. The number of hydrogen-bond acceptors (Lipinski definition) is 2. The molecule has 0 atom stereocenters. The van der Waals surface area contributed by atoms with Gasteiger partial charge in [-0.1, -0.05) is 41.9 Å². The minimum atomic E-state index is -0.292. The molecule has 1 N–H and O–H groups in total. The molecule has 0 aromatic heterocycles. The van der Waals surface area contributed by atoms with E-state index in [4.69, 9.17) is 23.2 Å². The highest BCUT2D eigenvalue weighted by Gasteiger charge is 2.19. The zero-order valence-electron chi connectivity index (χ0n) is 11.3.